The highest BCUT2D eigenvalue weighted by Gasteiger charge is 2.10. The van der Waals surface area contributed by atoms with Crippen molar-refractivity contribution in [3.8, 4) is 0 Å². The number of imidazole rings is 1. The summed E-state index contributed by atoms with van der Waals surface area (Å²) in [5.74, 6) is 0.811. The standard InChI is InChI=1S/C14H14N4OS/c15-10-1-2-11-9(7-10)8-12(20-11)14(19)18-4-3-13-16-5-6-17-13/h1-2,5-8H,3-4,15H2,(H,16,17)(H,18,19). The maximum absolute atomic E-state index is 12.1. The molecular weight excluding hydrogens is 272 g/mol. The monoisotopic (exact) mass is 286 g/mol. The fourth-order valence-electron chi connectivity index (χ4n) is 1.99. The van der Waals surface area contributed by atoms with Crippen molar-refractivity contribution < 1.29 is 4.79 Å². The molecule has 102 valence electrons. The molecular formula is C14H14N4OS. The van der Waals surface area contributed by atoms with Crippen LogP contribution in [-0.4, -0.2) is 22.4 Å². The van der Waals surface area contributed by atoms with Crippen LogP contribution < -0.4 is 11.1 Å². The molecule has 0 aliphatic heterocycles. The van der Waals surface area contributed by atoms with E-state index in [0.717, 1.165) is 15.9 Å². The molecule has 5 nitrogen and oxygen atoms in total. The number of hydrogen-bond donors (Lipinski definition) is 3. The van der Waals surface area contributed by atoms with Crippen LogP contribution in [0, 0.1) is 0 Å². The Morgan fingerprint density at radius 1 is 1.40 bits per heavy atom. The van der Waals surface area contributed by atoms with Crippen LogP contribution in [-0.2, 0) is 6.42 Å². The molecule has 0 atom stereocenters. The highest BCUT2D eigenvalue weighted by atomic mass is 32.1. The lowest BCUT2D eigenvalue weighted by molar-refractivity contribution is 0.0958. The van der Waals surface area contributed by atoms with Gasteiger partial charge in [0, 0.05) is 35.7 Å². The maximum atomic E-state index is 12.1. The number of fused-ring (bicyclic) bond motifs is 1. The van der Waals surface area contributed by atoms with E-state index in [1.54, 1.807) is 12.4 Å². The topological polar surface area (TPSA) is 83.8 Å². The van der Waals surface area contributed by atoms with Gasteiger partial charge in [-0.15, -0.1) is 11.3 Å². The van der Waals surface area contributed by atoms with Crippen LogP contribution in [0.1, 0.15) is 15.5 Å². The molecule has 0 fully saturated rings. The highest BCUT2D eigenvalue weighted by Crippen LogP contribution is 2.27. The van der Waals surface area contributed by atoms with Crippen LogP contribution in [0.4, 0.5) is 5.69 Å². The Bertz CT molecular complexity index is 733. The molecule has 3 rings (SSSR count). The van der Waals surface area contributed by atoms with Crippen molar-refractivity contribution >= 4 is 33.0 Å². The number of aromatic nitrogens is 2. The van der Waals surface area contributed by atoms with Crippen LogP contribution in [0.25, 0.3) is 10.1 Å². The number of anilines is 1. The number of nitrogens with one attached hydrogen (secondary N) is 2. The number of benzene rings is 1. The number of thiophene rings is 1. The first-order chi connectivity index (χ1) is 9.72. The van der Waals surface area contributed by atoms with Crippen LogP contribution >= 0.6 is 11.3 Å². The minimum atomic E-state index is -0.0590. The number of aromatic amines is 1. The first-order valence-corrected chi connectivity index (χ1v) is 7.09. The summed E-state index contributed by atoms with van der Waals surface area (Å²) in [5, 5.41) is 3.90. The van der Waals surface area contributed by atoms with Gasteiger partial charge in [0.05, 0.1) is 4.88 Å². The largest absolute Gasteiger partial charge is 0.399 e. The summed E-state index contributed by atoms with van der Waals surface area (Å²) < 4.78 is 1.07. The third-order valence-corrected chi connectivity index (χ3v) is 4.08. The normalized spacial score (nSPS) is 10.8. The summed E-state index contributed by atoms with van der Waals surface area (Å²) in [4.78, 5) is 19.9. The summed E-state index contributed by atoms with van der Waals surface area (Å²) in [5.41, 5.74) is 6.45. The van der Waals surface area contributed by atoms with Crippen LogP contribution in [0.15, 0.2) is 36.7 Å². The fraction of sp³-hybridized carbons (Fsp3) is 0.143. The molecule has 2 aromatic heterocycles. The maximum Gasteiger partial charge on any atom is 0.261 e. The van der Waals surface area contributed by atoms with E-state index in [1.165, 1.54) is 11.3 Å². The summed E-state index contributed by atoms with van der Waals surface area (Å²) in [6.45, 7) is 0.558. The fourth-order valence-corrected chi connectivity index (χ4v) is 2.95. The zero-order valence-electron chi connectivity index (χ0n) is 10.7. The summed E-state index contributed by atoms with van der Waals surface area (Å²) in [6.07, 6.45) is 4.16. The molecule has 0 aliphatic carbocycles. The smallest absolute Gasteiger partial charge is 0.261 e. The minimum absolute atomic E-state index is 0.0590. The van der Waals surface area contributed by atoms with Gasteiger partial charge in [-0.2, -0.15) is 0 Å². The zero-order valence-corrected chi connectivity index (χ0v) is 11.5. The second kappa shape index (κ2) is 5.34. The number of carbonyl (C=O) groups is 1. The predicted octanol–water partition coefficient (Wildman–Crippen LogP) is 2.18. The molecule has 3 aromatic rings. The number of nitrogens with two attached hydrogens (primary N) is 1. The summed E-state index contributed by atoms with van der Waals surface area (Å²) in [6, 6.07) is 7.54. The molecule has 0 bridgehead atoms. The van der Waals surface area contributed by atoms with E-state index in [-0.39, 0.29) is 5.91 Å². The van der Waals surface area contributed by atoms with E-state index in [2.05, 4.69) is 15.3 Å². The Hall–Kier alpha value is -2.34. The average molecular weight is 286 g/mol. The number of nitrogens with zero attached hydrogens (tertiary/aromatic N) is 1. The molecule has 0 spiro atoms. The van der Waals surface area contributed by atoms with E-state index < -0.39 is 0 Å². The van der Waals surface area contributed by atoms with Crippen molar-refractivity contribution in [3.05, 3.63) is 47.4 Å². The third-order valence-electron chi connectivity index (χ3n) is 2.97. The molecule has 0 saturated carbocycles. The molecule has 6 heteroatoms. The molecule has 4 N–H and O–H groups in total. The van der Waals surface area contributed by atoms with Gasteiger partial charge in [-0.3, -0.25) is 4.79 Å². The van der Waals surface area contributed by atoms with Gasteiger partial charge in [0.1, 0.15) is 5.82 Å². The Labute approximate surface area is 119 Å². The Kier molecular flexibility index (Phi) is 3.39. The van der Waals surface area contributed by atoms with Gasteiger partial charge in [0.15, 0.2) is 0 Å². The Morgan fingerprint density at radius 2 is 2.30 bits per heavy atom. The van der Waals surface area contributed by atoms with E-state index >= 15 is 0 Å². The lowest BCUT2D eigenvalue weighted by atomic mass is 10.2. The third kappa shape index (κ3) is 2.65. The van der Waals surface area contributed by atoms with Crippen LogP contribution in [0.5, 0.6) is 0 Å². The van der Waals surface area contributed by atoms with E-state index in [9.17, 15) is 4.79 Å². The first-order valence-electron chi connectivity index (χ1n) is 6.28. The lowest BCUT2D eigenvalue weighted by Gasteiger charge is -2.01. The number of H-pyrrole nitrogens is 1. The molecule has 0 unspecified atom stereocenters. The number of nitrogen functional groups attached to an aromatic ring is 1. The molecule has 0 radical (unpaired) electrons. The lowest BCUT2D eigenvalue weighted by Crippen LogP contribution is -2.25. The van der Waals surface area contributed by atoms with E-state index in [1.807, 2.05) is 24.3 Å². The molecule has 1 aromatic carbocycles. The summed E-state index contributed by atoms with van der Waals surface area (Å²) >= 11 is 1.47. The van der Waals surface area contributed by atoms with Gasteiger partial charge in [-0.1, -0.05) is 0 Å². The number of hydrogen-bond acceptors (Lipinski definition) is 4. The average Bonchev–Trinajstić information content (AvgIpc) is 3.06. The van der Waals surface area contributed by atoms with Gasteiger partial charge in [0.2, 0.25) is 0 Å². The van der Waals surface area contributed by atoms with Gasteiger partial charge < -0.3 is 16.0 Å². The van der Waals surface area contributed by atoms with Crippen LogP contribution in [0.3, 0.4) is 0 Å². The number of amides is 1. The number of carbonyl (C=O) groups excluding carboxylic acids is 1. The van der Waals surface area contributed by atoms with Gasteiger partial charge in [0.25, 0.3) is 5.91 Å². The molecule has 20 heavy (non-hydrogen) atoms. The first kappa shape index (κ1) is 12.7. The number of rotatable bonds is 4. The second-order valence-corrected chi connectivity index (χ2v) is 5.53. The minimum Gasteiger partial charge on any atom is -0.399 e. The summed E-state index contributed by atoms with van der Waals surface area (Å²) in [7, 11) is 0. The van der Waals surface area contributed by atoms with Crippen molar-refractivity contribution in [1.29, 1.82) is 0 Å². The van der Waals surface area contributed by atoms with Crippen molar-refractivity contribution in [1.82, 2.24) is 15.3 Å². The van der Waals surface area contributed by atoms with Crippen molar-refractivity contribution in [2.75, 3.05) is 12.3 Å². The second-order valence-electron chi connectivity index (χ2n) is 4.45. The Morgan fingerprint density at radius 3 is 3.10 bits per heavy atom. The van der Waals surface area contributed by atoms with Gasteiger partial charge in [-0.05, 0) is 29.7 Å². The van der Waals surface area contributed by atoms with Crippen LogP contribution in [0.2, 0.25) is 0 Å². The van der Waals surface area contributed by atoms with Crippen molar-refractivity contribution in [2.45, 2.75) is 6.42 Å². The SMILES string of the molecule is Nc1ccc2sc(C(=O)NCCc3ncc[nH]3)cc2c1. The quantitative estimate of drug-likeness (QED) is 0.643. The highest BCUT2D eigenvalue weighted by molar-refractivity contribution is 7.20. The molecule has 0 saturated heterocycles. The zero-order chi connectivity index (χ0) is 13.9. The van der Waals surface area contributed by atoms with Crippen molar-refractivity contribution in [2.24, 2.45) is 0 Å². The van der Waals surface area contributed by atoms with Gasteiger partial charge >= 0.3 is 0 Å². The molecule has 1 amide bonds. The molecule has 2 heterocycles. The van der Waals surface area contributed by atoms with Gasteiger partial charge in [-0.25, -0.2) is 4.98 Å². The predicted molar refractivity (Wildman–Crippen MR) is 80.9 cm³/mol. The molecule has 0 aliphatic rings. The van der Waals surface area contributed by atoms with E-state index in [0.29, 0.717) is 23.5 Å². The van der Waals surface area contributed by atoms with Crippen molar-refractivity contribution in [3.63, 3.8) is 0 Å². The Balaban J connectivity index is 1.66. The van der Waals surface area contributed by atoms with E-state index in [4.69, 9.17) is 5.73 Å².